The molecular weight excluding hydrogens is 248 g/mol. The fraction of sp³-hybridized carbons (Fsp3) is 0.417. The lowest BCUT2D eigenvalue weighted by Gasteiger charge is -2.24. The molecular formula is C12H14N4O3. The summed E-state index contributed by atoms with van der Waals surface area (Å²) in [6, 6.07) is 2.08. The highest BCUT2D eigenvalue weighted by molar-refractivity contribution is 5.99. The molecule has 100 valence electrons. The van der Waals surface area contributed by atoms with Crippen molar-refractivity contribution in [3.63, 3.8) is 0 Å². The number of anilines is 2. The Balaban J connectivity index is 2.02. The monoisotopic (exact) mass is 262 g/mol. The molecule has 1 aliphatic rings. The van der Waals surface area contributed by atoms with E-state index >= 15 is 0 Å². The van der Waals surface area contributed by atoms with E-state index in [2.05, 4.69) is 9.97 Å². The standard InChI is InChI=1S/C12H14N4O3/c1-7(17)10-8(13)6-9-11(14-10)15-12(19-9)16-2-4-18-5-3-16/h6H,2-5,13H2,1H3. The molecule has 7 heteroatoms. The second kappa shape index (κ2) is 4.51. The summed E-state index contributed by atoms with van der Waals surface area (Å²) in [5.41, 5.74) is 7.20. The molecule has 0 radical (unpaired) electrons. The van der Waals surface area contributed by atoms with Crippen LogP contribution in [0.3, 0.4) is 0 Å². The van der Waals surface area contributed by atoms with Crippen LogP contribution in [0.15, 0.2) is 10.5 Å². The Morgan fingerprint density at radius 2 is 2.11 bits per heavy atom. The number of hydrogen-bond donors (Lipinski definition) is 1. The Kier molecular flexibility index (Phi) is 2.83. The van der Waals surface area contributed by atoms with E-state index in [1.54, 1.807) is 6.07 Å². The zero-order valence-corrected chi connectivity index (χ0v) is 10.5. The maximum atomic E-state index is 11.4. The third kappa shape index (κ3) is 2.12. The van der Waals surface area contributed by atoms with E-state index in [0.29, 0.717) is 36.1 Å². The molecule has 0 unspecified atom stereocenters. The van der Waals surface area contributed by atoms with Crippen LogP contribution >= 0.6 is 0 Å². The molecule has 3 heterocycles. The van der Waals surface area contributed by atoms with Gasteiger partial charge in [0, 0.05) is 26.1 Å². The molecule has 0 spiro atoms. The molecule has 7 nitrogen and oxygen atoms in total. The van der Waals surface area contributed by atoms with Crippen molar-refractivity contribution in [1.82, 2.24) is 9.97 Å². The fourth-order valence-corrected chi connectivity index (χ4v) is 2.04. The van der Waals surface area contributed by atoms with Crippen LogP contribution < -0.4 is 10.6 Å². The van der Waals surface area contributed by atoms with Gasteiger partial charge in [-0.05, 0) is 0 Å². The number of nitrogens with two attached hydrogens (primary N) is 1. The summed E-state index contributed by atoms with van der Waals surface area (Å²) < 4.78 is 10.9. The Hall–Kier alpha value is -2.15. The van der Waals surface area contributed by atoms with Crippen LogP contribution in [0.1, 0.15) is 17.4 Å². The van der Waals surface area contributed by atoms with Crippen molar-refractivity contribution in [2.24, 2.45) is 0 Å². The summed E-state index contributed by atoms with van der Waals surface area (Å²) in [5, 5.41) is 0. The van der Waals surface area contributed by atoms with Crippen LogP contribution in [-0.4, -0.2) is 42.1 Å². The number of ether oxygens (including phenoxy) is 1. The first kappa shape index (κ1) is 11.9. The lowest BCUT2D eigenvalue weighted by Crippen LogP contribution is -2.36. The third-order valence-corrected chi connectivity index (χ3v) is 3.02. The molecule has 1 fully saturated rings. The number of morpholine rings is 1. The number of carbonyl (C=O) groups is 1. The minimum atomic E-state index is -0.185. The molecule has 0 saturated carbocycles. The zero-order valence-electron chi connectivity index (χ0n) is 10.5. The maximum absolute atomic E-state index is 11.4. The van der Waals surface area contributed by atoms with Crippen LogP contribution in [0.4, 0.5) is 11.7 Å². The molecule has 0 atom stereocenters. The van der Waals surface area contributed by atoms with Crippen LogP contribution in [0.25, 0.3) is 11.2 Å². The summed E-state index contributed by atoms with van der Waals surface area (Å²) in [5.74, 6) is -0.185. The number of carbonyl (C=O) groups excluding carboxylic acids is 1. The zero-order chi connectivity index (χ0) is 13.4. The number of pyridine rings is 1. The average Bonchev–Trinajstić information content (AvgIpc) is 2.81. The van der Waals surface area contributed by atoms with Crippen molar-refractivity contribution < 1.29 is 13.9 Å². The summed E-state index contributed by atoms with van der Waals surface area (Å²) in [7, 11) is 0. The maximum Gasteiger partial charge on any atom is 0.300 e. The topological polar surface area (TPSA) is 94.5 Å². The Bertz CT molecular complexity index is 631. The molecule has 2 aromatic heterocycles. The minimum absolute atomic E-state index is 0.185. The van der Waals surface area contributed by atoms with Crippen LogP contribution in [-0.2, 0) is 4.74 Å². The summed E-state index contributed by atoms with van der Waals surface area (Å²) in [6.07, 6.45) is 0. The van der Waals surface area contributed by atoms with E-state index in [0.717, 1.165) is 13.1 Å². The largest absolute Gasteiger partial charge is 0.422 e. The number of hydrogen-bond acceptors (Lipinski definition) is 7. The minimum Gasteiger partial charge on any atom is -0.422 e. The third-order valence-electron chi connectivity index (χ3n) is 3.02. The van der Waals surface area contributed by atoms with Crippen molar-refractivity contribution >= 4 is 28.7 Å². The highest BCUT2D eigenvalue weighted by atomic mass is 16.5. The number of aromatic nitrogens is 2. The average molecular weight is 262 g/mol. The van der Waals surface area contributed by atoms with Crippen LogP contribution in [0.5, 0.6) is 0 Å². The number of nitrogens with zero attached hydrogens (tertiary/aromatic N) is 3. The van der Waals surface area contributed by atoms with Gasteiger partial charge in [-0.15, -0.1) is 0 Å². The molecule has 2 N–H and O–H groups in total. The van der Waals surface area contributed by atoms with Crippen molar-refractivity contribution in [3.8, 4) is 0 Å². The Labute approximate surface area is 109 Å². The molecule has 0 aromatic carbocycles. The van der Waals surface area contributed by atoms with E-state index in [4.69, 9.17) is 14.9 Å². The lowest BCUT2D eigenvalue weighted by atomic mass is 10.2. The van der Waals surface area contributed by atoms with Gasteiger partial charge in [0.1, 0.15) is 5.69 Å². The molecule has 19 heavy (non-hydrogen) atoms. The fourth-order valence-electron chi connectivity index (χ4n) is 2.04. The highest BCUT2D eigenvalue weighted by Gasteiger charge is 2.19. The molecule has 0 aliphatic carbocycles. The van der Waals surface area contributed by atoms with Gasteiger partial charge in [0.2, 0.25) is 5.65 Å². The highest BCUT2D eigenvalue weighted by Crippen LogP contribution is 2.24. The van der Waals surface area contributed by atoms with Gasteiger partial charge in [0.05, 0.1) is 18.9 Å². The summed E-state index contributed by atoms with van der Waals surface area (Å²) >= 11 is 0. The first-order valence-electron chi connectivity index (χ1n) is 6.06. The first-order chi connectivity index (χ1) is 9.15. The van der Waals surface area contributed by atoms with Gasteiger partial charge < -0.3 is 19.8 Å². The SMILES string of the molecule is CC(=O)c1nc2nc(N3CCOCC3)oc2cc1N. The predicted molar refractivity (Wildman–Crippen MR) is 69.3 cm³/mol. The van der Waals surface area contributed by atoms with Crippen LogP contribution in [0.2, 0.25) is 0 Å². The lowest BCUT2D eigenvalue weighted by molar-refractivity contribution is 0.101. The summed E-state index contributed by atoms with van der Waals surface area (Å²) in [6.45, 7) is 4.16. The normalized spacial score (nSPS) is 15.9. The number of ketones is 1. The Morgan fingerprint density at radius 3 is 2.79 bits per heavy atom. The van der Waals surface area contributed by atoms with E-state index < -0.39 is 0 Å². The number of fused-ring (bicyclic) bond motifs is 1. The van der Waals surface area contributed by atoms with Gasteiger partial charge in [0.15, 0.2) is 11.4 Å². The van der Waals surface area contributed by atoms with Gasteiger partial charge in [-0.1, -0.05) is 0 Å². The number of nitrogen functional groups attached to an aromatic ring is 1. The number of rotatable bonds is 2. The number of Topliss-reactive ketones (excluding diaryl/α,β-unsaturated/α-hetero) is 1. The van der Waals surface area contributed by atoms with E-state index in [1.165, 1.54) is 6.92 Å². The van der Waals surface area contributed by atoms with Crippen molar-refractivity contribution in [2.75, 3.05) is 36.9 Å². The van der Waals surface area contributed by atoms with E-state index in [9.17, 15) is 4.79 Å². The van der Waals surface area contributed by atoms with Gasteiger partial charge in [0.25, 0.3) is 6.01 Å². The van der Waals surface area contributed by atoms with Crippen molar-refractivity contribution in [3.05, 3.63) is 11.8 Å². The molecule has 0 bridgehead atoms. The predicted octanol–water partition coefficient (Wildman–Crippen LogP) is 0.844. The van der Waals surface area contributed by atoms with Crippen molar-refractivity contribution in [2.45, 2.75) is 6.92 Å². The molecule has 1 saturated heterocycles. The first-order valence-corrected chi connectivity index (χ1v) is 6.06. The molecule has 3 rings (SSSR count). The van der Waals surface area contributed by atoms with E-state index in [1.807, 2.05) is 4.90 Å². The number of oxazole rings is 1. The molecule has 1 aliphatic heterocycles. The van der Waals surface area contributed by atoms with Crippen molar-refractivity contribution in [1.29, 1.82) is 0 Å². The van der Waals surface area contributed by atoms with Gasteiger partial charge >= 0.3 is 0 Å². The van der Waals surface area contributed by atoms with Crippen LogP contribution in [0, 0.1) is 0 Å². The van der Waals surface area contributed by atoms with Gasteiger partial charge in [-0.25, -0.2) is 4.98 Å². The molecule has 2 aromatic rings. The second-order valence-corrected chi connectivity index (χ2v) is 4.40. The van der Waals surface area contributed by atoms with Gasteiger partial charge in [-0.2, -0.15) is 4.98 Å². The quantitative estimate of drug-likeness (QED) is 0.801. The molecule has 0 amide bonds. The Morgan fingerprint density at radius 1 is 1.37 bits per heavy atom. The van der Waals surface area contributed by atoms with E-state index in [-0.39, 0.29) is 11.5 Å². The second-order valence-electron chi connectivity index (χ2n) is 4.40. The smallest absolute Gasteiger partial charge is 0.300 e. The van der Waals surface area contributed by atoms with Gasteiger partial charge in [-0.3, -0.25) is 4.79 Å². The summed E-state index contributed by atoms with van der Waals surface area (Å²) in [4.78, 5) is 21.8.